The van der Waals surface area contributed by atoms with Gasteiger partial charge in [-0.2, -0.15) is 0 Å². The first-order valence-electron chi connectivity index (χ1n) is 7.35. The molecular formula is C16H23NO. The van der Waals surface area contributed by atoms with Gasteiger partial charge in [0, 0.05) is 18.3 Å². The summed E-state index contributed by atoms with van der Waals surface area (Å²) in [5.74, 6) is 1.93. The third kappa shape index (κ3) is 2.63. The van der Waals surface area contributed by atoms with Gasteiger partial charge >= 0.3 is 0 Å². The van der Waals surface area contributed by atoms with Gasteiger partial charge in [0.1, 0.15) is 5.75 Å². The number of rotatable bonds is 2. The summed E-state index contributed by atoms with van der Waals surface area (Å²) in [5, 5.41) is 3.47. The minimum Gasteiger partial charge on any atom is -0.490 e. The molecule has 2 heteroatoms. The van der Waals surface area contributed by atoms with E-state index in [0.717, 1.165) is 18.2 Å². The Morgan fingerprint density at radius 3 is 2.83 bits per heavy atom. The van der Waals surface area contributed by atoms with Crippen LogP contribution in [0.5, 0.6) is 5.75 Å². The minimum atomic E-state index is 0.433. The second-order valence-electron chi connectivity index (χ2n) is 5.85. The lowest BCUT2D eigenvalue weighted by Crippen LogP contribution is -2.23. The molecule has 2 nitrogen and oxygen atoms in total. The van der Waals surface area contributed by atoms with Crippen LogP contribution in [-0.4, -0.2) is 12.6 Å². The Bertz CT molecular complexity index is 408. The Hall–Kier alpha value is -1.18. The van der Waals surface area contributed by atoms with Crippen molar-refractivity contribution in [1.29, 1.82) is 0 Å². The maximum absolute atomic E-state index is 6.13. The Balaban J connectivity index is 1.66. The number of benzene rings is 1. The molecule has 1 aromatic carbocycles. The van der Waals surface area contributed by atoms with Crippen LogP contribution in [0, 0.1) is 5.92 Å². The first-order valence-corrected chi connectivity index (χ1v) is 7.35. The van der Waals surface area contributed by atoms with Crippen molar-refractivity contribution in [2.24, 2.45) is 5.92 Å². The predicted octanol–water partition coefficient (Wildman–Crippen LogP) is 4.00. The molecule has 18 heavy (non-hydrogen) atoms. The van der Waals surface area contributed by atoms with Crippen LogP contribution >= 0.6 is 0 Å². The third-order valence-corrected chi connectivity index (χ3v) is 4.29. The van der Waals surface area contributed by atoms with Gasteiger partial charge in [-0.25, -0.2) is 0 Å². The molecular weight excluding hydrogens is 222 g/mol. The van der Waals surface area contributed by atoms with E-state index in [-0.39, 0.29) is 0 Å². The molecule has 0 bridgehead atoms. The molecule has 98 valence electrons. The Labute approximate surface area is 110 Å². The summed E-state index contributed by atoms with van der Waals surface area (Å²) >= 11 is 0. The van der Waals surface area contributed by atoms with Crippen LogP contribution < -0.4 is 10.1 Å². The number of ether oxygens (including phenoxy) is 1. The van der Waals surface area contributed by atoms with E-state index in [9.17, 15) is 0 Å². The molecule has 0 radical (unpaired) electrons. The van der Waals surface area contributed by atoms with Crippen molar-refractivity contribution in [2.75, 3.05) is 11.9 Å². The van der Waals surface area contributed by atoms with E-state index in [1.54, 1.807) is 0 Å². The molecule has 1 saturated carbocycles. The molecule has 0 atom stereocenters. The van der Waals surface area contributed by atoms with E-state index < -0.39 is 0 Å². The highest BCUT2D eigenvalue weighted by atomic mass is 16.5. The highest BCUT2D eigenvalue weighted by Gasteiger charge is 2.20. The fourth-order valence-corrected chi connectivity index (χ4v) is 3.05. The van der Waals surface area contributed by atoms with Gasteiger partial charge in [-0.1, -0.05) is 13.0 Å². The summed E-state index contributed by atoms with van der Waals surface area (Å²) in [6.07, 6.45) is 7.93. The molecule has 1 aromatic rings. The highest BCUT2D eigenvalue weighted by Crippen LogP contribution is 2.30. The molecule has 0 unspecified atom stereocenters. The van der Waals surface area contributed by atoms with Crippen molar-refractivity contribution < 1.29 is 4.74 Å². The van der Waals surface area contributed by atoms with Gasteiger partial charge in [0.25, 0.3) is 0 Å². The first kappa shape index (κ1) is 11.9. The fourth-order valence-electron chi connectivity index (χ4n) is 3.05. The predicted molar refractivity (Wildman–Crippen MR) is 75.3 cm³/mol. The minimum absolute atomic E-state index is 0.433. The van der Waals surface area contributed by atoms with Gasteiger partial charge < -0.3 is 10.1 Å². The van der Waals surface area contributed by atoms with Crippen molar-refractivity contribution in [3.05, 3.63) is 23.8 Å². The summed E-state index contributed by atoms with van der Waals surface area (Å²) in [7, 11) is 0. The highest BCUT2D eigenvalue weighted by molar-refractivity contribution is 5.56. The number of anilines is 1. The monoisotopic (exact) mass is 245 g/mol. The standard InChI is InChI=1S/C16H23NO/c1-12-4-7-14(8-5-12)18-15-9-6-13-3-2-10-17-16(13)11-15/h6,9,11-12,14,17H,2-5,7-8,10H2,1H3. The largest absolute Gasteiger partial charge is 0.490 e. The van der Waals surface area contributed by atoms with Crippen LogP contribution in [0.15, 0.2) is 18.2 Å². The van der Waals surface area contributed by atoms with Gasteiger partial charge in [-0.15, -0.1) is 0 Å². The van der Waals surface area contributed by atoms with E-state index in [1.165, 1.54) is 49.8 Å². The van der Waals surface area contributed by atoms with Crippen LogP contribution in [0.1, 0.15) is 44.6 Å². The lowest BCUT2D eigenvalue weighted by atomic mass is 9.89. The molecule has 0 amide bonds. The summed E-state index contributed by atoms with van der Waals surface area (Å²) in [5.41, 5.74) is 2.72. The maximum Gasteiger partial charge on any atom is 0.121 e. The van der Waals surface area contributed by atoms with Gasteiger partial charge in [0.2, 0.25) is 0 Å². The average Bonchev–Trinajstić information content (AvgIpc) is 2.41. The quantitative estimate of drug-likeness (QED) is 0.850. The van der Waals surface area contributed by atoms with Gasteiger partial charge in [-0.05, 0) is 56.1 Å². The molecule has 1 N–H and O–H groups in total. The Kier molecular flexibility index (Phi) is 3.44. The van der Waals surface area contributed by atoms with Crippen LogP contribution in [0.25, 0.3) is 0 Å². The van der Waals surface area contributed by atoms with E-state index in [2.05, 4.69) is 30.4 Å². The molecule has 0 aromatic heterocycles. The van der Waals surface area contributed by atoms with E-state index in [1.807, 2.05) is 0 Å². The van der Waals surface area contributed by atoms with E-state index in [0.29, 0.717) is 6.10 Å². The molecule has 1 aliphatic heterocycles. The lowest BCUT2D eigenvalue weighted by Gasteiger charge is -2.27. The third-order valence-electron chi connectivity index (χ3n) is 4.29. The van der Waals surface area contributed by atoms with Gasteiger partial charge in [-0.3, -0.25) is 0 Å². The molecule has 0 spiro atoms. The van der Waals surface area contributed by atoms with Crippen LogP contribution in [-0.2, 0) is 6.42 Å². The van der Waals surface area contributed by atoms with Crippen molar-refractivity contribution in [3.8, 4) is 5.75 Å². The molecule has 1 fully saturated rings. The number of aryl methyl sites for hydroxylation is 1. The summed E-state index contributed by atoms with van der Waals surface area (Å²) in [4.78, 5) is 0. The van der Waals surface area contributed by atoms with Crippen molar-refractivity contribution in [1.82, 2.24) is 0 Å². The van der Waals surface area contributed by atoms with Crippen molar-refractivity contribution >= 4 is 5.69 Å². The maximum atomic E-state index is 6.13. The van der Waals surface area contributed by atoms with Gasteiger partial charge in [0.05, 0.1) is 6.10 Å². The normalized spacial score (nSPS) is 27.2. The van der Waals surface area contributed by atoms with Crippen molar-refractivity contribution in [3.63, 3.8) is 0 Å². The second kappa shape index (κ2) is 5.21. The second-order valence-corrected chi connectivity index (χ2v) is 5.85. The summed E-state index contributed by atoms with van der Waals surface area (Å²) in [6.45, 7) is 3.44. The summed E-state index contributed by atoms with van der Waals surface area (Å²) in [6, 6.07) is 6.55. The number of nitrogens with one attached hydrogen (secondary N) is 1. The van der Waals surface area contributed by atoms with E-state index in [4.69, 9.17) is 4.74 Å². The van der Waals surface area contributed by atoms with Crippen LogP contribution in [0.4, 0.5) is 5.69 Å². The van der Waals surface area contributed by atoms with Crippen LogP contribution in [0.2, 0.25) is 0 Å². The molecule has 1 aliphatic carbocycles. The lowest BCUT2D eigenvalue weighted by molar-refractivity contribution is 0.135. The zero-order valence-electron chi connectivity index (χ0n) is 11.2. The fraction of sp³-hybridized carbons (Fsp3) is 0.625. The zero-order valence-corrected chi connectivity index (χ0v) is 11.2. The zero-order chi connectivity index (χ0) is 12.4. The van der Waals surface area contributed by atoms with Gasteiger partial charge in [0.15, 0.2) is 0 Å². The number of hydrogen-bond donors (Lipinski definition) is 1. The number of fused-ring (bicyclic) bond motifs is 1. The smallest absolute Gasteiger partial charge is 0.121 e. The Morgan fingerprint density at radius 1 is 1.17 bits per heavy atom. The average molecular weight is 245 g/mol. The molecule has 3 rings (SSSR count). The molecule has 0 saturated heterocycles. The van der Waals surface area contributed by atoms with Crippen molar-refractivity contribution in [2.45, 2.75) is 51.6 Å². The Morgan fingerprint density at radius 2 is 2.00 bits per heavy atom. The van der Waals surface area contributed by atoms with Crippen LogP contribution in [0.3, 0.4) is 0 Å². The SMILES string of the molecule is CC1CCC(Oc2ccc3c(c2)NCCC3)CC1. The molecule has 1 heterocycles. The number of hydrogen-bond acceptors (Lipinski definition) is 2. The molecule has 2 aliphatic rings. The topological polar surface area (TPSA) is 21.3 Å². The summed E-state index contributed by atoms with van der Waals surface area (Å²) < 4.78 is 6.13. The van der Waals surface area contributed by atoms with E-state index >= 15 is 0 Å². The first-order chi connectivity index (χ1) is 8.81.